The number of nitrogens with two attached hydrogens (primary N) is 1. The summed E-state index contributed by atoms with van der Waals surface area (Å²) in [5, 5.41) is 4.61. The summed E-state index contributed by atoms with van der Waals surface area (Å²) in [7, 11) is 0. The molecule has 0 spiro atoms. The van der Waals surface area contributed by atoms with Crippen LogP contribution in [-0.2, 0) is 9.53 Å². The Labute approximate surface area is 167 Å². The van der Waals surface area contributed by atoms with Crippen molar-refractivity contribution in [2.75, 3.05) is 6.61 Å². The molecule has 0 amide bonds. The monoisotopic (exact) mass is 393 g/mol. The van der Waals surface area contributed by atoms with Gasteiger partial charge in [-0.3, -0.25) is 0 Å². The first kappa shape index (κ1) is 18.7. The summed E-state index contributed by atoms with van der Waals surface area (Å²) in [6.45, 7) is 3.75. The minimum Gasteiger partial charge on any atom is -0.462 e. The summed E-state index contributed by atoms with van der Waals surface area (Å²) in [5.41, 5.74) is 9.21. The number of aryl methyl sites for hydroxylation is 1. The topological polar surface area (TPSA) is 79.4 Å². The molecule has 7 heteroatoms. The van der Waals surface area contributed by atoms with Crippen LogP contribution in [0.15, 0.2) is 66.1 Å². The highest BCUT2D eigenvalue weighted by Crippen LogP contribution is 2.45. The third-order valence-electron chi connectivity index (χ3n) is 4.81. The summed E-state index contributed by atoms with van der Waals surface area (Å²) < 4.78 is 26.3. The van der Waals surface area contributed by atoms with Crippen LogP contribution in [0.2, 0.25) is 0 Å². The number of halogens is 1. The zero-order valence-corrected chi connectivity index (χ0v) is 16.1. The summed E-state index contributed by atoms with van der Waals surface area (Å²) in [5.74, 6) is -1.16. The van der Waals surface area contributed by atoms with Crippen LogP contribution >= 0.6 is 0 Å². The number of nitrogens with zero attached hydrogens (tertiary/aromatic N) is 2. The summed E-state index contributed by atoms with van der Waals surface area (Å²) in [4.78, 5) is 12.7. The Hall–Kier alpha value is -3.61. The molecule has 1 aromatic heterocycles. The molecule has 2 N–H and O–H groups in total. The fourth-order valence-corrected chi connectivity index (χ4v) is 3.55. The highest BCUT2D eigenvalue weighted by Gasteiger charge is 2.39. The van der Waals surface area contributed by atoms with E-state index >= 15 is 0 Å². The van der Waals surface area contributed by atoms with Gasteiger partial charge in [0.1, 0.15) is 11.4 Å². The number of para-hydroxylation sites is 1. The Morgan fingerprint density at radius 1 is 1.21 bits per heavy atom. The molecule has 1 atom stereocenters. The lowest BCUT2D eigenvalue weighted by Gasteiger charge is -2.27. The van der Waals surface area contributed by atoms with Crippen molar-refractivity contribution in [2.24, 2.45) is 5.73 Å². The lowest BCUT2D eigenvalue weighted by Crippen LogP contribution is -2.28. The molecule has 4 rings (SSSR count). The van der Waals surface area contributed by atoms with E-state index in [2.05, 4.69) is 5.10 Å². The maximum Gasteiger partial charge on any atom is 0.340 e. The summed E-state index contributed by atoms with van der Waals surface area (Å²) in [6.07, 6.45) is 0. The number of rotatable bonds is 4. The predicted molar refractivity (Wildman–Crippen MR) is 105 cm³/mol. The van der Waals surface area contributed by atoms with Crippen LogP contribution in [0.5, 0.6) is 5.88 Å². The van der Waals surface area contributed by atoms with Gasteiger partial charge < -0.3 is 15.2 Å². The van der Waals surface area contributed by atoms with Gasteiger partial charge in [0.15, 0.2) is 0 Å². The van der Waals surface area contributed by atoms with Crippen LogP contribution < -0.4 is 10.5 Å². The SMILES string of the molecule is CCOC(=O)C1=C(N)Oc2c(c(C)nn2-c2ccccc2)C1c1ccc(F)cc1. The Morgan fingerprint density at radius 3 is 2.55 bits per heavy atom. The lowest BCUT2D eigenvalue weighted by molar-refractivity contribution is -0.139. The molecule has 0 bridgehead atoms. The van der Waals surface area contributed by atoms with Gasteiger partial charge >= 0.3 is 5.97 Å². The van der Waals surface area contributed by atoms with E-state index in [9.17, 15) is 9.18 Å². The van der Waals surface area contributed by atoms with Crippen molar-refractivity contribution in [2.45, 2.75) is 19.8 Å². The van der Waals surface area contributed by atoms with Crippen LogP contribution in [-0.4, -0.2) is 22.4 Å². The molecular formula is C22H20FN3O3. The minimum absolute atomic E-state index is 0.0534. The van der Waals surface area contributed by atoms with Gasteiger partial charge in [-0.15, -0.1) is 0 Å². The molecule has 0 saturated carbocycles. The van der Waals surface area contributed by atoms with Crippen molar-refractivity contribution in [3.63, 3.8) is 0 Å². The maximum atomic E-state index is 13.5. The number of fused-ring (bicyclic) bond motifs is 1. The molecule has 1 aliphatic rings. The molecule has 2 heterocycles. The standard InChI is InChI=1S/C22H20FN3O3/c1-3-28-22(27)19-18(14-9-11-15(23)12-10-14)17-13(2)25-26(21(17)29-20(19)24)16-7-5-4-6-8-16/h4-12,18H,3,24H2,1-2H3. The number of carbonyl (C=O) groups is 1. The smallest absolute Gasteiger partial charge is 0.340 e. The number of ether oxygens (including phenoxy) is 2. The van der Waals surface area contributed by atoms with Crippen LogP contribution in [0.4, 0.5) is 4.39 Å². The molecule has 0 fully saturated rings. The van der Waals surface area contributed by atoms with Crippen molar-refractivity contribution in [1.82, 2.24) is 9.78 Å². The second-order valence-corrected chi connectivity index (χ2v) is 6.64. The first-order valence-corrected chi connectivity index (χ1v) is 9.26. The van der Waals surface area contributed by atoms with E-state index in [-0.39, 0.29) is 23.9 Å². The molecule has 148 valence electrons. The number of benzene rings is 2. The highest BCUT2D eigenvalue weighted by atomic mass is 19.1. The minimum atomic E-state index is -0.587. The first-order valence-electron chi connectivity index (χ1n) is 9.26. The zero-order valence-electron chi connectivity index (χ0n) is 16.1. The summed E-state index contributed by atoms with van der Waals surface area (Å²) in [6, 6.07) is 15.4. The number of hydrogen-bond acceptors (Lipinski definition) is 5. The molecule has 1 aliphatic heterocycles. The van der Waals surface area contributed by atoms with Gasteiger partial charge in [-0.1, -0.05) is 30.3 Å². The number of carbonyl (C=O) groups excluding carboxylic acids is 1. The second kappa shape index (κ2) is 7.43. The van der Waals surface area contributed by atoms with Crippen molar-refractivity contribution in [3.05, 3.63) is 88.7 Å². The fraction of sp³-hybridized carbons (Fsp3) is 0.182. The summed E-state index contributed by atoms with van der Waals surface area (Å²) >= 11 is 0. The third-order valence-corrected chi connectivity index (χ3v) is 4.81. The Balaban J connectivity index is 1.94. The predicted octanol–water partition coefficient (Wildman–Crippen LogP) is 3.58. The van der Waals surface area contributed by atoms with Gasteiger partial charge in [0.25, 0.3) is 0 Å². The fourth-order valence-electron chi connectivity index (χ4n) is 3.55. The van der Waals surface area contributed by atoms with Crippen LogP contribution in [0.25, 0.3) is 5.69 Å². The van der Waals surface area contributed by atoms with Gasteiger partial charge in [0, 0.05) is 0 Å². The Kier molecular flexibility index (Phi) is 4.80. The van der Waals surface area contributed by atoms with Crippen LogP contribution in [0.3, 0.4) is 0 Å². The number of aromatic nitrogens is 2. The van der Waals surface area contributed by atoms with Gasteiger partial charge in [0.05, 0.1) is 29.5 Å². The highest BCUT2D eigenvalue weighted by molar-refractivity contribution is 5.92. The Morgan fingerprint density at radius 2 is 1.90 bits per heavy atom. The maximum absolute atomic E-state index is 13.5. The molecule has 0 radical (unpaired) electrons. The van der Waals surface area contributed by atoms with Crippen molar-refractivity contribution in [3.8, 4) is 11.6 Å². The Bertz CT molecular complexity index is 1090. The molecule has 2 aromatic carbocycles. The van der Waals surface area contributed by atoms with Crippen LogP contribution in [0, 0.1) is 12.7 Å². The number of esters is 1. The van der Waals surface area contributed by atoms with E-state index < -0.39 is 11.9 Å². The second-order valence-electron chi connectivity index (χ2n) is 6.64. The third kappa shape index (κ3) is 3.24. The van der Waals surface area contributed by atoms with E-state index in [1.165, 1.54) is 12.1 Å². The van der Waals surface area contributed by atoms with E-state index in [4.69, 9.17) is 15.2 Å². The van der Waals surface area contributed by atoms with E-state index in [1.807, 2.05) is 37.3 Å². The zero-order chi connectivity index (χ0) is 20.5. The van der Waals surface area contributed by atoms with Gasteiger partial charge in [0.2, 0.25) is 11.8 Å². The van der Waals surface area contributed by atoms with Gasteiger partial charge in [-0.25, -0.2) is 13.9 Å². The lowest BCUT2D eigenvalue weighted by atomic mass is 9.83. The first-order chi connectivity index (χ1) is 14.0. The molecular weight excluding hydrogens is 373 g/mol. The molecule has 0 saturated heterocycles. The quantitative estimate of drug-likeness (QED) is 0.686. The average molecular weight is 393 g/mol. The van der Waals surface area contributed by atoms with Crippen molar-refractivity contribution >= 4 is 5.97 Å². The molecule has 1 unspecified atom stereocenters. The molecule has 29 heavy (non-hydrogen) atoms. The van der Waals surface area contributed by atoms with Crippen molar-refractivity contribution in [1.29, 1.82) is 0 Å². The van der Waals surface area contributed by atoms with Gasteiger partial charge in [-0.2, -0.15) is 5.10 Å². The van der Waals surface area contributed by atoms with E-state index in [0.717, 1.165) is 5.69 Å². The average Bonchev–Trinajstić information content (AvgIpc) is 3.04. The largest absolute Gasteiger partial charge is 0.462 e. The van der Waals surface area contributed by atoms with Crippen molar-refractivity contribution < 1.29 is 18.7 Å². The molecule has 3 aromatic rings. The normalized spacial score (nSPS) is 15.6. The van der Waals surface area contributed by atoms with E-state index in [0.29, 0.717) is 22.7 Å². The van der Waals surface area contributed by atoms with Gasteiger partial charge in [-0.05, 0) is 43.7 Å². The number of hydrogen-bond donors (Lipinski definition) is 1. The molecule has 6 nitrogen and oxygen atoms in total. The molecule has 0 aliphatic carbocycles. The van der Waals surface area contributed by atoms with E-state index in [1.54, 1.807) is 23.7 Å². The van der Waals surface area contributed by atoms with Crippen LogP contribution in [0.1, 0.15) is 29.7 Å².